The number of carbonyl (C=O) groups is 1. The molecule has 0 saturated heterocycles. The fourth-order valence-corrected chi connectivity index (χ4v) is 1.85. The SMILES string of the molecule is O=C(Nc1ccccc1Cn1cccn1)c1ncn[nH]1. The van der Waals surface area contributed by atoms with Crippen LogP contribution in [-0.4, -0.2) is 30.9 Å². The minimum atomic E-state index is -0.324. The number of nitrogens with zero attached hydrogens (tertiary/aromatic N) is 4. The van der Waals surface area contributed by atoms with Crippen LogP contribution in [0.15, 0.2) is 49.1 Å². The number of amides is 1. The van der Waals surface area contributed by atoms with Gasteiger partial charge in [0.1, 0.15) is 6.33 Å². The molecule has 1 amide bonds. The zero-order valence-electron chi connectivity index (χ0n) is 10.5. The lowest BCUT2D eigenvalue weighted by Gasteiger charge is -2.10. The number of aromatic nitrogens is 5. The van der Waals surface area contributed by atoms with Crippen molar-refractivity contribution in [1.29, 1.82) is 0 Å². The molecule has 0 unspecified atom stereocenters. The molecule has 0 spiro atoms. The van der Waals surface area contributed by atoms with Crippen molar-refractivity contribution < 1.29 is 4.79 Å². The van der Waals surface area contributed by atoms with Crippen molar-refractivity contribution in [2.45, 2.75) is 6.54 Å². The third kappa shape index (κ3) is 2.56. The number of rotatable bonds is 4. The van der Waals surface area contributed by atoms with Gasteiger partial charge in [-0.25, -0.2) is 4.98 Å². The lowest BCUT2D eigenvalue weighted by Crippen LogP contribution is -2.15. The highest BCUT2D eigenvalue weighted by molar-refractivity contribution is 6.01. The molecule has 7 nitrogen and oxygen atoms in total. The first-order chi connectivity index (χ1) is 9.83. The number of hydrogen-bond acceptors (Lipinski definition) is 4. The Balaban J connectivity index is 1.81. The fraction of sp³-hybridized carbons (Fsp3) is 0.0769. The van der Waals surface area contributed by atoms with Gasteiger partial charge in [0.15, 0.2) is 0 Å². The fourth-order valence-electron chi connectivity index (χ4n) is 1.85. The largest absolute Gasteiger partial charge is 0.319 e. The maximum atomic E-state index is 12.0. The molecule has 100 valence electrons. The Bertz CT molecular complexity index is 689. The molecule has 0 aliphatic rings. The Morgan fingerprint density at radius 1 is 1.30 bits per heavy atom. The first kappa shape index (κ1) is 12.1. The van der Waals surface area contributed by atoms with E-state index in [0.717, 1.165) is 11.3 Å². The van der Waals surface area contributed by atoms with Crippen LogP contribution in [0.2, 0.25) is 0 Å². The molecule has 0 atom stereocenters. The molecule has 2 heterocycles. The third-order valence-electron chi connectivity index (χ3n) is 2.79. The highest BCUT2D eigenvalue weighted by atomic mass is 16.2. The average Bonchev–Trinajstić information content (AvgIpc) is 3.13. The normalized spacial score (nSPS) is 10.4. The summed E-state index contributed by atoms with van der Waals surface area (Å²) >= 11 is 0. The quantitative estimate of drug-likeness (QED) is 0.746. The van der Waals surface area contributed by atoms with Crippen molar-refractivity contribution in [3.63, 3.8) is 0 Å². The Labute approximate surface area is 114 Å². The Morgan fingerprint density at radius 2 is 2.20 bits per heavy atom. The van der Waals surface area contributed by atoms with Gasteiger partial charge in [0.25, 0.3) is 5.91 Å². The van der Waals surface area contributed by atoms with Crippen molar-refractivity contribution in [2.24, 2.45) is 0 Å². The zero-order chi connectivity index (χ0) is 13.8. The summed E-state index contributed by atoms with van der Waals surface area (Å²) in [5.41, 5.74) is 1.69. The van der Waals surface area contributed by atoms with E-state index in [0.29, 0.717) is 6.54 Å². The maximum Gasteiger partial charge on any atom is 0.292 e. The van der Waals surface area contributed by atoms with Crippen LogP contribution in [-0.2, 0) is 6.54 Å². The van der Waals surface area contributed by atoms with E-state index >= 15 is 0 Å². The van der Waals surface area contributed by atoms with Gasteiger partial charge in [-0.2, -0.15) is 10.2 Å². The van der Waals surface area contributed by atoms with Gasteiger partial charge in [0.2, 0.25) is 5.82 Å². The summed E-state index contributed by atoms with van der Waals surface area (Å²) < 4.78 is 1.79. The Hall–Kier alpha value is -2.96. The van der Waals surface area contributed by atoms with E-state index in [2.05, 4.69) is 25.6 Å². The van der Waals surface area contributed by atoms with Crippen LogP contribution in [0.25, 0.3) is 0 Å². The summed E-state index contributed by atoms with van der Waals surface area (Å²) in [7, 11) is 0. The number of aromatic amines is 1. The predicted molar refractivity (Wildman–Crippen MR) is 72.1 cm³/mol. The number of para-hydroxylation sites is 1. The molecule has 20 heavy (non-hydrogen) atoms. The van der Waals surface area contributed by atoms with Crippen LogP contribution >= 0.6 is 0 Å². The summed E-state index contributed by atoms with van der Waals surface area (Å²) in [6.45, 7) is 0.583. The van der Waals surface area contributed by atoms with E-state index in [-0.39, 0.29) is 11.7 Å². The first-order valence-corrected chi connectivity index (χ1v) is 6.05. The van der Waals surface area contributed by atoms with E-state index in [9.17, 15) is 4.79 Å². The van der Waals surface area contributed by atoms with Gasteiger partial charge in [-0.05, 0) is 17.7 Å². The number of H-pyrrole nitrogens is 1. The van der Waals surface area contributed by atoms with Gasteiger partial charge in [-0.3, -0.25) is 14.6 Å². The van der Waals surface area contributed by atoms with E-state index in [1.807, 2.05) is 36.5 Å². The smallest absolute Gasteiger partial charge is 0.292 e. The summed E-state index contributed by atoms with van der Waals surface area (Å²) in [5.74, 6) is -0.144. The lowest BCUT2D eigenvalue weighted by atomic mass is 10.1. The van der Waals surface area contributed by atoms with Crippen LogP contribution in [0, 0.1) is 0 Å². The van der Waals surface area contributed by atoms with Crippen LogP contribution in [0.4, 0.5) is 5.69 Å². The van der Waals surface area contributed by atoms with Crippen molar-refractivity contribution in [1.82, 2.24) is 25.0 Å². The second-order valence-electron chi connectivity index (χ2n) is 4.15. The number of hydrogen-bond donors (Lipinski definition) is 2. The lowest BCUT2D eigenvalue weighted by molar-refractivity contribution is 0.101. The summed E-state index contributed by atoms with van der Waals surface area (Å²) in [4.78, 5) is 15.8. The Kier molecular flexibility index (Phi) is 3.24. The zero-order valence-corrected chi connectivity index (χ0v) is 10.5. The standard InChI is InChI=1S/C13H12N6O/c20-13(12-14-9-15-18-12)17-11-5-2-1-4-10(11)8-19-7-3-6-16-19/h1-7,9H,8H2,(H,17,20)(H,14,15,18). The van der Waals surface area contributed by atoms with Gasteiger partial charge >= 0.3 is 0 Å². The molecule has 0 aliphatic heterocycles. The minimum Gasteiger partial charge on any atom is -0.319 e. The summed E-state index contributed by atoms with van der Waals surface area (Å²) in [6, 6.07) is 9.42. The van der Waals surface area contributed by atoms with Gasteiger partial charge in [0, 0.05) is 18.1 Å². The molecule has 1 aromatic carbocycles. The van der Waals surface area contributed by atoms with E-state index < -0.39 is 0 Å². The number of carbonyl (C=O) groups excluding carboxylic acids is 1. The molecule has 2 N–H and O–H groups in total. The van der Waals surface area contributed by atoms with Crippen LogP contribution in [0.1, 0.15) is 16.2 Å². The van der Waals surface area contributed by atoms with Gasteiger partial charge in [-0.1, -0.05) is 18.2 Å². The molecule has 0 fully saturated rings. The molecule has 0 radical (unpaired) electrons. The average molecular weight is 268 g/mol. The van der Waals surface area contributed by atoms with E-state index in [1.54, 1.807) is 10.9 Å². The van der Waals surface area contributed by atoms with Gasteiger partial charge in [0.05, 0.1) is 6.54 Å². The van der Waals surface area contributed by atoms with Crippen molar-refractivity contribution >= 4 is 11.6 Å². The molecule has 0 aliphatic carbocycles. The molecule has 3 rings (SSSR count). The second kappa shape index (κ2) is 5.35. The topological polar surface area (TPSA) is 88.5 Å². The highest BCUT2D eigenvalue weighted by Gasteiger charge is 2.11. The van der Waals surface area contributed by atoms with Crippen LogP contribution in [0.3, 0.4) is 0 Å². The van der Waals surface area contributed by atoms with Crippen molar-refractivity contribution in [3.8, 4) is 0 Å². The van der Waals surface area contributed by atoms with E-state index in [4.69, 9.17) is 0 Å². The minimum absolute atomic E-state index is 0.180. The van der Waals surface area contributed by atoms with Crippen LogP contribution in [0.5, 0.6) is 0 Å². The van der Waals surface area contributed by atoms with Crippen molar-refractivity contribution in [3.05, 3.63) is 60.4 Å². The maximum absolute atomic E-state index is 12.0. The predicted octanol–water partition coefficient (Wildman–Crippen LogP) is 1.30. The monoisotopic (exact) mass is 268 g/mol. The second-order valence-corrected chi connectivity index (χ2v) is 4.15. The molecular weight excluding hydrogens is 256 g/mol. The highest BCUT2D eigenvalue weighted by Crippen LogP contribution is 2.16. The Morgan fingerprint density at radius 3 is 2.95 bits per heavy atom. The molecule has 3 aromatic rings. The van der Waals surface area contributed by atoms with Gasteiger partial charge in [-0.15, -0.1) is 0 Å². The molecule has 0 bridgehead atoms. The first-order valence-electron chi connectivity index (χ1n) is 6.05. The summed E-state index contributed by atoms with van der Waals surface area (Å²) in [6.07, 6.45) is 4.88. The number of anilines is 1. The molecule has 0 saturated carbocycles. The van der Waals surface area contributed by atoms with Crippen LogP contribution < -0.4 is 5.32 Å². The molecule has 2 aromatic heterocycles. The number of nitrogens with one attached hydrogen (secondary N) is 2. The summed E-state index contributed by atoms with van der Waals surface area (Å²) in [5, 5.41) is 13.2. The van der Waals surface area contributed by atoms with Gasteiger partial charge < -0.3 is 5.32 Å². The molecule has 7 heteroatoms. The third-order valence-corrected chi connectivity index (χ3v) is 2.79. The molecular formula is C13H12N6O. The number of benzene rings is 1. The van der Waals surface area contributed by atoms with Crippen molar-refractivity contribution in [2.75, 3.05) is 5.32 Å². The van der Waals surface area contributed by atoms with E-state index in [1.165, 1.54) is 6.33 Å².